The molecule has 7 nitrogen and oxygen atoms in total. The Balaban J connectivity index is 0.00000448. The molecule has 1 aromatic heterocycles. The van der Waals surface area contributed by atoms with E-state index in [-0.39, 0.29) is 92.1 Å². The van der Waals surface area contributed by atoms with Gasteiger partial charge in [-0.3, -0.25) is 4.79 Å². The van der Waals surface area contributed by atoms with E-state index >= 15 is 0 Å². The molecule has 0 fully saturated rings. The van der Waals surface area contributed by atoms with E-state index < -0.39 is 5.43 Å². The maximum absolute atomic E-state index is 14.5. The van der Waals surface area contributed by atoms with Crippen molar-refractivity contribution < 1.29 is 72.5 Å². The second kappa shape index (κ2) is 17.3. The van der Waals surface area contributed by atoms with Crippen LogP contribution in [0, 0.1) is 44.1 Å². The normalized spacial score (nSPS) is 10.7. The number of hydrogen-bond acceptors (Lipinski definition) is 7. The Morgan fingerprint density at radius 3 is 1.49 bits per heavy atom. The number of phenolic OH excluding ortho intramolecular Hbond substituents is 1. The topological polar surface area (TPSA) is 87.4 Å². The smallest absolute Gasteiger partial charge is 0.239 e. The van der Waals surface area contributed by atoms with Crippen LogP contribution in [0.5, 0.6) is 28.7 Å². The molecule has 51 heavy (non-hydrogen) atoms. The van der Waals surface area contributed by atoms with Gasteiger partial charge in [0.05, 0.1) is 0 Å². The second-order valence-electron chi connectivity index (χ2n) is 11.7. The first kappa shape index (κ1) is 35.8. The van der Waals surface area contributed by atoms with Gasteiger partial charge in [0.25, 0.3) is 0 Å². The monoisotopic (exact) mass is 889 g/mol. The van der Waals surface area contributed by atoms with Crippen molar-refractivity contribution in [2.45, 2.75) is 26.4 Å². The third-order valence-corrected chi connectivity index (χ3v) is 8.06. The van der Waals surface area contributed by atoms with Crippen LogP contribution in [-0.2, 0) is 26.4 Å². The quantitative estimate of drug-likeness (QED) is 0.124. The minimum atomic E-state index is -0.418. The fourth-order valence-corrected chi connectivity index (χ4v) is 5.48. The SMILES string of the molecule is O=c1c(OCc2ccccc2)c(-c2ccc(OCc3ccccc3)c(O)c2)oc2cc(OCc3ccccc3)cc(OCc3ccccc3)c12.[Ac]. The zero-order valence-electron chi connectivity index (χ0n) is 27.7. The zero-order chi connectivity index (χ0) is 34.1. The van der Waals surface area contributed by atoms with Gasteiger partial charge in [-0.25, -0.2) is 0 Å². The molecule has 1 radical (unpaired) electrons. The van der Waals surface area contributed by atoms with Crippen molar-refractivity contribution in [3.05, 3.63) is 184 Å². The Hall–Kier alpha value is -5.03. The van der Waals surface area contributed by atoms with Gasteiger partial charge in [-0.15, -0.1) is 0 Å². The summed E-state index contributed by atoms with van der Waals surface area (Å²) in [5.74, 6) is 1.08. The number of rotatable bonds is 13. The first-order valence-electron chi connectivity index (χ1n) is 16.3. The number of phenols is 1. The molecule has 0 spiro atoms. The second-order valence-corrected chi connectivity index (χ2v) is 11.7. The standard InChI is InChI=1S/C43H34O7.Ac/c44-36-23-34(21-22-37(36)47-27-31-15-7-2-8-16-31)42-43(49-29-33-19-11-4-12-20-33)41(45)40-38(48-28-32-17-9-3-10-18-32)24-35(25-39(40)50-42)46-26-30-13-5-1-6-14-30;/h1-25,44H,26-29H2;. The molecule has 1 N–H and O–H groups in total. The molecule has 0 bridgehead atoms. The van der Waals surface area contributed by atoms with E-state index in [0.717, 1.165) is 22.3 Å². The molecule has 7 rings (SSSR count). The Labute approximate surface area is 331 Å². The summed E-state index contributed by atoms with van der Waals surface area (Å²) >= 11 is 0. The van der Waals surface area contributed by atoms with Crippen molar-refractivity contribution in [2.24, 2.45) is 0 Å². The fraction of sp³-hybridized carbons (Fsp3) is 0.0930. The molecule has 0 unspecified atom stereocenters. The molecule has 6 aromatic carbocycles. The summed E-state index contributed by atoms with van der Waals surface area (Å²) in [5, 5.41) is 11.2. The summed E-state index contributed by atoms with van der Waals surface area (Å²) in [5.41, 5.74) is 4.01. The summed E-state index contributed by atoms with van der Waals surface area (Å²) < 4.78 is 31.1. The fourth-order valence-electron chi connectivity index (χ4n) is 5.48. The van der Waals surface area contributed by atoms with Crippen molar-refractivity contribution in [2.75, 3.05) is 0 Å². The predicted molar refractivity (Wildman–Crippen MR) is 193 cm³/mol. The van der Waals surface area contributed by atoms with E-state index in [1.165, 1.54) is 6.07 Å². The third-order valence-electron chi connectivity index (χ3n) is 8.06. The number of aromatic hydroxyl groups is 1. The molecule has 8 heteroatoms. The summed E-state index contributed by atoms with van der Waals surface area (Å²) in [7, 11) is 0. The molecule has 0 aliphatic rings. The van der Waals surface area contributed by atoms with Gasteiger partial charge in [-0.1, -0.05) is 121 Å². The number of hydrogen-bond donors (Lipinski definition) is 1. The van der Waals surface area contributed by atoms with Gasteiger partial charge >= 0.3 is 0 Å². The van der Waals surface area contributed by atoms with Gasteiger partial charge in [0.2, 0.25) is 11.2 Å². The molecular formula is C43H34AcO7. The predicted octanol–water partition coefficient (Wildman–Crippen LogP) is 9.48. The third kappa shape index (κ3) is 9.02. The molecule has 0 atom stereocenters. The van der Waals surface area contributed by atoms with E-state index in [2.05, 4.69) is 0 Å². The molecule has 1 heterocycles. The van der Waals surface area contributed by atoms with Crippen LogP contribution in [-0.4, -0.2) is 5.11 Å². The van der Waals surface area contributed by atoms with E-state index in [9.17, 15) is 9.90 Å². The summed E-state index contributed by atoms with van der Waals surface area (Å²) in [6.07, 6.45) is 0. The van der Waals surface area contributed by atoms with Crippen LogP contribution >= 0.6 is 0 Å². The van der Waals surface area contributed by atoms with Crippen LogP contribution in [0.3, 0.4) is 0 Å². The minimum Gasteiger partial charge on any atom is -0.504 e. The van der Waals surface area contributed by atoms with E-state index in [1.807, 2.05) is 121 Å². The van der Waals surface area contributed by atoms with Crippen molar-refractivity contribution in [3.63, 3.8) is 0 Å². The Morgan fingerprint density at radius 2 is 0.980 bits per heavy atom. The zero-order valence-corrected chi connectivity index (χ0v) is 32.5. The average molecular weight is 890 g/mol. The molecule has 0 aliphatic heterocycles. The van der Waals surface area contributed by atoms with Crippen LogP contribution in [0.15, 0.2) is 161 Å². The Kier molecular flexibility index (Phi) is 12.1. The van der Waals surface area contributed by atoms with Crippen molar-refractivity contribution in [1.82, 2.24) is 0 Å². The largest absolute Gasteiger partial charge is 0.504 e. The van der Waals surface area contributed by atoms with Gasteiger partial charge in [-0.05, 0) is 40.5 Å². The van der Waals surface area contributed by atoms with Crippen molar-refractivity contribution in [1.29, 1.82) is 0 Å². The van der Waals surface area contributed by atoms with Gasteiger partial charge < -0.3 is 28.5 Å². The van der Waals surface area contributed by atoms with Gasteiger partial charge in [0, 0.05) is 61.8 Å². The molecule has 7 aromatic rings. The van der Waals surface area contributed by atoms with Crippen molar-refractivity contribution >= 4 is 11.0 Å². The molecule has 251 valence electrons. The van der Waals surface area contributed by atoms with Crippen LogP contribution in [0.4, 0.5) is 0 Å². The summed E-state index contributed by atoms with van der Waals surface area (Å²) in [4.78, 5) is 14.5. The Bertz CT molecular complexity index is 2240. The van der Waals surface area contributed by atoms with E-state index in [0.29, 0.717) is 29.4 Å². The van der Waals surface area contributed by atoms with E-state index in [4.69, 9.17) is 23.4 Å². The average Bonchev–Trinajstić information content (AvgIpc) is 3.16. The first-order valence-corrected chi connectivity index (χ1v) is 16.3. The van der Waals surface area contributed by atoms with Crippen LogP contribution < -0.4 is 24.4 Å². The number of ether oxygens (including phenoxy) is 4. The molecular weight excluding hydrogens is 855 g/mol. The van der Waals surface area contributed by atoms with E-state index in [1.54, 1.807) is 24.3 Å². The van der Waals surface area contributed by atoms with Gasteiger partial charge in [-0.2, -0.15) is 0 Å². The van der Waals surface area contributed by atoms with Gasteiger partial charge in [0.1, 0.15) is 48.9 Å². The Morgan fingerprint density at radius 1 is 0.510 bits per heavy atom. The molecule has 0 amide bonds. The van der Waals surface area contributed by atoms with Crippen LogP contribution in [0.1, 0.15) is 22.3 Å². The maximum Gasteiger partial charge on any atom is 0.239 e. The van der Waals surface area contributed by atoms with Gasteiger partial charge in [0.15, 0.2) is 17.3 Å². The minimum absolute atomic E-state index is 0. The van der Waals surface area contributed by atoms with Crippen molar-refractivity contribution in [3.8, 4) is 40.1 Å². The maximum atomic E-state index is 14.5. The molecule has 0 saturated carbocycles. The number of benzene rings is 6. The first-order chi connectivity index (χ1) is 24.6. The molecule has 0 aliphatic carbocycles. The van der Waals surface area contributed by atoms with Crippen LogP contribution in [0.2, 0.25) is 0 Å². The van der Waals surface area contributed by atoms with Crippen LogP contribution in [0.25, 0.3) is 22.3 Å². The summed E-state index contributed by atoms with van der Waals surface area (Å²) in [6, 6.07) is 47.0. The molecule has 0 saturated heterocycles. The summed E-state index contributed by atoms with van der Waals surface area (Å²) in [6.45, 7) is 0.921. The number of fused-ring (bicyclic) bond motifs is 1.